The number of methoxy groups -OCH3 is 1. The van der Waals surface area contributed by atoms with Crippen LogP contribution in [0.15, 0.2) is 30.3 Å². The second-order valence-corrected chi connectivity index (χ2v) is 13.4. The molecule has 2 saturated carbocycles. The molecule has 4 heterocycles. The molecule has 0 spiro atoms. The lowest BCUT2D eigenvalue weighted by Gasteiger charge is -2.27. The van der Waals surface area contributed by atoms with E-state index in [-0.39, 0.29) is 23.9 Å². The summed E-state index contributed by atoms with van der Waals surface area (Å²) in [5, 5.41) is 0.880. The number of aromatic nitrogens is 4. The van der Waals surface area contributed by atoms with Gasteiger partial charge in [-0.3, -0.25) is 9.00 Å². The number of aryl methyl sites for hydroxylation is 1. The van der Waals surface area contributed by atoms with Crippen molar-refractivity contribution >= 4 is 38.8 Å². The Hall–Kier alpha value is -3.44. The second-order valence-electron chi connectivity index (χ2n) is 11.8. The van der Waals surface area contributed by atoms with E-state index in [1.54, 1.807) is 25.5 Å². The van der Waals surface area contributed by atoms with E-state index in [1.165, 1.54) is 6.92 Å². The highest BCUT2D eigenvalue weighted by molar-refractivity contribution is 7.84. The average molecular weight is 593 g/mol. The van der Waals surface area contributed by atoms with Gasteiger partial charge in [-0.2, -0.15) is 4.98 Å². The molecule has 7 rings (SSSR count). The fourth-order valence-electron chi connectivity index (χ4n) is 6.79. The van der Waals surface area contributed by atoms with Crippen molar-refractivity contribution in [1.82, 2.24) is 24.0 Å². The van der Waals surface area contributed by atoms with Crippen molar-refractivity contribution in [3.8, 4) is 23.1 Å². The molecule has 2 aliphatic carbocycles. The van der Waals surface area contributed by atoms with Crippen LogP contribution in [0.2, 0.25) is 0 Å². The first-order chi connectivity index (χ1) is 21.0. The summed E-state index contributed by atoms with van der Waals surface area (Å²) in [4.78, 5) is 25.5. The number of carbonyl (C=O) groups excluding carboxylic acids is 1. The van der Waals surface area contributed by atoms with Crippen LogP contribution in [0.4, 0.5) is 0 Å². The quantitative estimate of drug-likeness (QED) is 0.298. The maximum atomic E-state index is 13.8. The maximum absolute atomic E-state index is 13.8. The number of benzene rings is 1. The average Bonchev–Trinajstić information content (AvgIpc) is 3.33. The summed E-state index contributed by atoms with van der Waals surface area (Å²) in [6.45, 7) is 1.32. The van der Waals surface area contributed by atoms with E-state index in [0.717, 1.165) is 48.8 Å². The lowest BCUT2D eigenvalue weighted by atomic mass is 10.1. The molecule has 4 aromatic rings. The number of pyridine rings is 1. The fraction of sp³-hybridized carbons (Fsp3) is 0.516. The highest BCUT2D eigenvalue weighted by atomic mass is 32.2. The van der Waals surface area contributed by atoms with Crippen molar-refractivity contribution in [3.05, 3.63) is 35.9 Å². The fourth-order valence-corrected chi connectivity index (χ4v) is 7.23. The molecule has 42 heavy (non-hydrogen) atoms. The summed E-state index contributed by atoms with van der Waals surface area (Å²) in [5.41, 5.74) is 9.82. The van der Waals surface area contributed by atoms with Crippen LogP contribution in [0, 0.1) is 11.8 Å². The number of amides is 1. The number of nitrogens with two attached hydrogens (primary N) is 1. The van der Waals surface area contributed by atoms with Gasteiger partial charge in [-0.15, -0.1) is 0 Å². The third kappa shape index (κ3) is 4.66. The molecule has 1 aromatic carbocycles. The van der Waals surface area contributed by atoms with E-state index in [9.17, 15) is 9.00 Å². The predicted octanol–water partition coefficient (Wildman–Crippen LogP) is 3.81. The molecular formula is C31H38N6O4S. The number of rotatable bonds is 10. The minimum atomic E-state index is -1.87. The molecule has 3 aliphatic rings. The first kappa shape index (κ1) is 25.1. The molecule has 3 aromatic heterocycles. The SMILES string of the molecule is [2H]C([2H])(C)Oc1ccc2cc(-c3nc4cc(C(=O)N5C[C@H]6CC[C@@H]5[C@@H]6N)cc(OC)c4n3CC[S@@](C)=O)n(CC3CC3)c2n1. The molecule has 10 nitrogen and oxygen atoms in total. The van der Waals surface area contributed by atoms with Crippen molar-refractivity contribution < 1.29 is 21.2 Å². The summed E-state index contributed by atoms with van der Waals surface area (Å²) in [6, 6.07) is 9.31. The molecule has 222 valence electrons. The smallest absolute Gasteiger partial charge is 0.254 e. The largest absolute Gasteiger partial charge is 0.494 e. The van der Waals surface area contributed by atoms with Gasteiger partial charge in [0.15, 0.2) is 5.82 Å². The molecule has 2 bridgehead atoms. The summed E-state index contributed by atoms with van der Waals surface area (Å²) < 4.78 is 43.5. The molecule has 1 amide bonds. The van der Waals surface area contributed by atoms with E-state index < -0.39 is 17.4 Å². The predicted molar refractivity (Wildman–Crippen MR) is 163 cm³/mol. The summed E-state index contributed by atoms with van der Waals surface area (Å²) in [5.74, 6) is 2.62. The summed E-state index contributed by atoms with van der Waals surface area (Å²) in [7, 11) is 0.541. The Morgan fingerprint density at radius 1 is 1.17 bits per heavy atom. The normalized spacial score (nSPS) is 23.4. The van der Waals surface area contributed by atoms with Crippen LogP contribution in [-0.2, 0) is 23.9 Å². The standard InChI is InChI=1S/C31H38N6O4S/c1-4-41-26-10-8-19-14-24(36(29(19)34-26)16-18-5-6-18)30-33-22-13-21(31(38)37-17-20-7-9-23(37)27(20)32)15-25(40-2)28(22)35(30)11-12-42(3)39/h8,10,13-15,18,20,23,27H,4-7,9,11-12,16-17,32H2,1-3H3/t20-,23-,27-,42-/m1/s1/i4D2. The minimum Gasteiger partial charge on any atom is -0.494 e. The van der Waals surface area contributed by atoms with Gasteiger partial charge in [0, 0.05) is 71.5 Å². The number of carbonyl (C=O) groups is 1. The van der Waals surface area contributed by atoms with Crippen molar-refractivity contribution in [2.24, 2.45) is 17.6 Å². The number of likely N-dealkylation sites (tertiary alicyclic amines) is 1. The zero-order valence-corrected chi connectivity index (χ0v) is 25.0. The van der Waals surface area contributed by atoms with Crippen molar-refractivity contribution in [2.45, 2.75) is 57.8 Å². The highest BCUT2D eigenvalue weighted by Crippen LogP contribution is 2.40. The number of ether oxygens (including phenoxy) is 2. The van der Waals surface area contributed by atoms with Crippen LogP contribution in [-0.4, -0.2) is 78.4 Å². The van der Waals surface area contributed by atoms with Gasteiger partial charge in [0.1, 0.15) is 16.9 Å². The number of nitrogens with zero attached hydrogens (tertiary/aromatic N) is 5. The van der Waals surface area contributed by atoms with E-state index in [2.05, 4.69) is 4.57 Å². The van der Waals surface area contributed by atoms with Crippen molar-refractivity contribution in [2.75, 3.05) is 32.2 Å². The number of fused-ring (bicyclic) bond motifs is 4. The highest BCUT2D eigenvalue weighted by Gasteiger charge is 2.47. The van der Waals surface area contributed by atoms with E-state index in [1.807, 2.05) is 27.7 Å². The topological polar surface area (TPSA) is 118 Å². The van der Waals surface area contributed by atoms with Crippen LogP contribution in [0.5, 0.6) is 11.6 Å². The lowest BCUT2D eigenvalue weighted by Crippen LogP contribution is -2.41. The van der Waals surface area contributed by atoms with Gasteiger partial charge in [-0.25, -0.2) is 4.98 Å². The van der Waals surface area contributed by atoms with E-state index >= 15 is 0 Å². The Bertz CT molecular complexity index is 1800. The molecule has 0 unspecified atom stereocenters. The van der Waals surface area contributed by atoms with Crippen LogP contribution in [0.3, 0.4) is 0 Å². The molecule has 1 aliphatic heterocycles. The van der Waals surface area contributed by atoms with Crippen LogP contribution < -0.4 is 15.2 Å². The maximum Gasteiger partial charge on any atom is 0.254 e. The summed E-state index contributed by atoms with van der Waals surface area (Å²) >= 11 is 0. The molecule has 2 N–H and O–H groups in total. The Morgan fingerprint density at radius 3 is 2.67 bits per heavy atom. The first-order valence-electron chi connectivity index (χ1n) is 15.6. The first-order valence-corrected chi connectivity index (χ1v) is 16.4. The van der Waals surface area contributed by atoms with Gasteiger partial charge in [0.2, 0.25) is 5.88 Å². The van der Waals surface area contributed by atoms with Gasteiger partial charge in [0.05, 0.1) is 27.6 Å². The van der Waals surface area contributed by atoms with Crippen LogP contribution in [0.1, 0.15) is 45.7 Å². The number of hydrogen-bond donors (Lipinski definition) is 1. The lowest BCUT2D eigenvalue weighted by molar-refractivity contribution is 0.0700. The third-order valence-electron chi connectivity index (χ3n) is 9.08. The molecule has 1 saturated heterocycles. The van der Waals surface area contributed by atoms with Crippen molar-refractivity contribution in [1.29, 1.82) is 0 Å². The number of hydrogen-bond acceptors (Lipinski definition) is 7. The van der Waals surface area contributed by atoms with Gasteiger partial charge in [-0.1, -0.05) is 0 Å². The second kappa shape index (κ2) is 10.7. The van der Waals surface area contributed by atoms with E-state index in [0.29, 0.717) is 59.0 Å². The zero-order valence-electron chi connectivity index (χ0n) is 26.2. The summed E-state index contributed by atoms with van der Waals surface area (Å²) in [6.07, 6.45) is 5.92. The molecule has 0 radical (unpaired) electrons. The van der Waals surface area contributed by atoms with Gasteiger partial charge < -0.3 is 29.2 Å². The number of piperidine rings is 1. The molecular weight excluding hydrogens is 552 g/mol. The molecule has 4 atom stereocenters. The van der Waals surface area contributed by atoms with Gasteiger partial charge in [0.25, 0.3) is 5.91 Å². The van der Waals surface area contributed by atoms with Crippen molar-refractivity contribution in [3.63, 3.8) is 0 Å². The monoisotopic (exact) mass is 592 g/mol. The molecule has 11 heteroatoms. The van der Waals surface area contributed by atoms with Gasteiger partial charge >= 0.3 is 0 Å². The van der Waals surface area contributed by atoms with Gasteiger partial charge in [-0.05, 0) is 68.7 Å². The zero-order chi connectivity index (χ0) is 30.9. The Kier molecular flexibility index (Phi) is 6.38. The van der Waals surface area contributed by atoms with Crippen LogP contribution >= 0.6 is 0 Å². The van der Waals surface area contributed by atoms with E-state index in [4.69, 9.17) is 27.9 Å². The molecule has 3 fully saturated rings. The third-order valence-corrected chi connectivity index (χ3v) is 9.84. The van der Waals surface area contributed by atoms with Crippen LogP contribution in [0.25, 0.3) is 33.6 Å². The Labute approximate surface area is 250 Å². The Balaban J connectivity index is 1.38. The minimum absolute atomic E-state index is 0.0224. The number of imidazole rings is 1. The Morgan fingerprint density at radius 2 is 2.00 bits per heavy atom.